The Kier molecular flexibility index (Phi) is 3.51. The molecule has 0 bridgehead atoms. The molecular weight excluding hydrogens is 106 g/mol. The van der Waals surface area contributed by atoms with Crippen molar-refractivity contribution >= 4 is 0 Å². The van der Waals surface area contributed by atoms with E-state index in [0.29, 0.717) is 0 Å². The van der Waals surface area contributed by atoms with Crippen molar-refractivity contribution in [3.05, 3.63) is 0 Å². The number of nitrogens with one attached hydrogen (secondary N) is 1. The van der Waals surface area contributed by atoms with Gasteiger partial charge in [-0.05, 0) is 0 Å². The minimum absolute atomic E-state index is 0.00523. The number of aliphatic hydroxyl groups is 1. The first-order valence-corrected chi connectivity index (χ1v) is 1.99. The van der Waals surface area contributed by atoms with Crippen molar-refractivity contribution in [2.45, 2.75) is 6.23 Å². The van der Waals surface area contributed by atoms with Crippen LogP contribution in [0.2, 0.25) is 0 Å². The molecule has 0 aromatic heterocycles. The molecule has 0 aromatic carbocycles. The first-order chi connectivity index (χ1) is 3.81. The van der Waals surface area contributed by atoms with E-state index in [1.165, 1.54) is 6.07 Å². The molecule has 0 radical (unpaired) electrons. The fourth-order valence-corrected chi connectivity index (χ4v) is 0.188. The van der Waals surface area contributed by atoms with Gasteiger partial charge in [0.1, 0.15) is 6.07 Å². The number of nitriles is 2. The number of hydrogen-bond acceptors (Lipinski definition) is 4. The van der Waals surface area contributed by atoms with Crippen LogP contribution in [0.1, 0.15) is 0 Å². The van der Waals surface area contributed by atoms with Crippen molar-refractivity contribution in [3.63, 3.8) is 0 Å². The van der Waals surface area contributed by atoms with Gasteiger partial charge in [0.25, 0.3) is 0 Å². The van der Waals surface area contributed by atoms with E-state index in [4.69, 9.17) is 15.6 Å². The summed E-state index contributed by atoms with van der Waals surface area (Å²) in [6.45, 7) is -0.00523. The summed E-state index contributed by atoms with van der Waals surface area (Å²) >= 11 is 0. The standard InChI is InChI=1S/C4H5N3O/c5-1-2-7-4(8)3-6/h4,7-8H,2H2. The molecule has 0 saturated heterocycles. The van der Waals surface area contributed by atoms with E-state index < -0.39 is 6.23 Å². The number of aliphatic hydroxyl groups excluding tert-OH is 1. The molecule has 0 aliphatic heterocycles. The largest absolute Gasteiger partial charge is 0.366 e. The van der Waals surface area contributed by atoms with E-state index in [-0.39, 0.29) is 6.54 Å². The average Bonchev–Trinajstić information content (AvgIpc) is 1.83. The molecule has 0 aliphatic rings. The van der Waals surface area contributed by atoms with E-state index in [2.05, 4.69) is 5.32 Å². The van der Waals surface area contributed by atoms with Crippen LogP contribution in [0.15, 0.2) is 0 Å². The Morgan fingerprint density at radius 3 is 2.62 bits per heavy atom. The Morgan fingerprint density at radius 2 is 2.25 bits per heavy atom. The van der Waals surface area contributed by atoms with Gasteiger partial charge in [0.05, 0.1) is 12.6 Å². The summed E-state index contributed by atoms with van der Waals surface area (Å²) in [5.41, 5.74) is 0. The second-order valence-corrected chi connectivity index (χ2v) is 1.07. The van der Waals surface area contributed by atoms with Crippen LogP contribution in [0.3, 0.4) is 0 Å². The van der Waals surface area contributed by atoms with Gasteiger partial charge in [0.15, 0.2) is 6.23 Å². The van der Waals surface area contributed by atoms with Crippen LogP contribution in [-0.2, 0) is 0 Å². The number of nitrogens with zero attached hydrogens (tertiary/aromatic N) is 2. The van der Waals surface area contributed by atoms with Gasteiger partial charge in [-0.15, -0.1) is 0 Å². The normalized spacial score (nSPS) is 11.4. The predicted octanol–water partition coefficient (Wildman–Crippen LogP) is -1.06. The number of hydrogen-bond donors (Lipinski definition) is 2. The molecule has 8 heavy (non-hydrogen) atoms. The van der Waals surface area contributed by atoms with Gasteiger partial charge in [-0.3, -0.25) is 5.32 Å². The lowest BCUT2D eigenvalue weighted by molar-refractivity contribution is 0.197. The first-order valence-electron chi connectivity index (χ1n) is 1.99. The molecule has 2 N–H and O–H groups in total. The molecule has 0 aromatic rings. The minimum atomic E-state index is -1.21. The second-order valence-electron chi connectivity index (χ2n) is 1.07. The van der Waals surface area contributed by atoms with Crippen molar-refractivity contribution in [3.8, 4) is 12.1 Å². The molecule has 4 heteroatoms. The predicted molar refractivity (Wildman–Crippen MR) is 25.2 cm³/mol. The van der Waals surface area contributed by atoms with E-state index >= 15 is 0 Å². The highest BCUT2D eigenvalue weighted by molar-refractivity contribution is 4.83. The maximum atomic E-state index is 8.37. The van der Waals surface area contributed by atoms with E-state index in [1.54, 1.807) is 6.07 Å². The topological polar surface area (TPSA) is 79.8 Å². The zero-order valence-corrected chi connectivity index (χ0v) is 4.13. The zero-order chi connectivity index (χ0) is 6.41. The van der Waals surface area contributed by atoms with Crippen LogP contribution in [0.5, 0.6) is 0 Å². The summed E-state index contributed by atoms with van der Waals surface area (Å²) in [6, 6.07) is 3.20. The lowest BCUT2D eigenvalue weighted by Gasteiger charge is -1.95. The highest BCUT2D eigenvalue weighted by Gasteiger charge is 1.94. The molecular formula is C4H5N3O. The maximum Gasteiger partial charge on any atom is 0.195 e. The quantitative estimate of drug-likeness (QED) is 0.270. The second kappa shape index (κ2) is 4.07. The summed E-state index contributed by atoms with van der Waals surface area (Å²) in [4.78, 5) is 0. The first kappa shape index (κ1) is 6.90. The SMILES string of the molecule is N#CCNC(O)C#N. The summed E-state index contributed by atoms with van der Waals surface area (Å²) in [5, 5.41) is 26.3. The van der Waals surface area contributed by atoms with E-state index in [1.807, 2.05) is 0 Å². The van der Waals surface area contributed by atoms with Crippen molar-refractivity contribution in [2.75, 3.05) is 6.54 Å². The van der Waals surface area contributed by atoms with Crippen LogP contribution < -0.4 is 5.32 Å². The van der Waals surface area contributed by atoms with Crippen molar-refractivity contribution in [2.24, 2.45) is 0 Å². The molecule has 1 atom stereocenters. The van der Waals surface area contributed by atoms with Crippen LogP contribution in [0.25, 0.3) is 0 Å². The fourth-order valence-electron chi connectivity index (χ4n) is 0.188. The molecule has 0 heterocycles. The molecule has 0 fully saturated rings. The van der Waals surface area contributed by atoms with Gasteiger partial charge in [-0.2, -0.15) is 10.5 Å². The van der Waals surface area contributed by atoms with Gasteiger partial charge in [0, 0.05) is 0 Å². The zero-order valence-electron chi connectivity index (χ0n) is 4.13. The Bertz CT molecular complexity index is 131. The van der Waals surface area contributed by atoms with Crippen molar-refractivity contribution < 1.29 is 5.11 Å². The van der Waals surface area contributed by atoms with Gasteiger partial charge < -0.3 is 5.11 Å². The van der Waals surface area contributed by atoms with Gasteiger partial charge in [-0.1, -0.05) is 0 Å². The van der Waals surface area contributed by atoms with Crippen LogP contribution in [0.4, 0.5) is 0 Å². The molecule has 0 amide bonds. The Labute approximate surface area is 47.0 Å². The smallest absolute Gasteiger partial charge is 0.195 e. The van der Waals surface area contributed by atoms with Gasteiger partial charge in [0.2, 0.25) is 0 Å². The maximum absolute atomic E-state index is 8.37. The molecule has 0 aliphatic carbocycles. The van der Waals surface area contributed by atoms with Crippen molar-refractivity contribution in [1.82, 2.24) is 5.32 Å². The van der Waals surface area contributed by atoms with Crippen LogP contribution in [0, 0.1) is 22.7 Å². The molecule has 0 saturated carbocycles. The monoisotopic (exact) mass is 111 g/mol. The third-order valence-electron chi connectivity index (χ3n) is 0.497. The molecule has 42 valence electrons. The highest BCUT2D eigenvalue weighted by atomic mass is 16.3. The summed E-state index contributed by atoms with van der Waals surface area (Å²) in [5.74, 6) is 0. The lowest BCUT2D eigenvalue weighted by atomic mass is 10.6. The van der Waals surface area contributed by atoms with Crippen molar-refractivity contribution in [1.29, 1.82) is 10.5 Å². The number of rotatable bonds is 2. The molecule has 4 nitrogen and oxygen atoms in total. The van der Waals surface area contributed by atoms with E-state index in [9.17, 15) is 0 Å². The Balaban J connectivity index is 3.18. The molecule has 0 rings (SSSR count). The van der Waals surface area contributed by atoms with E-state index in [0.717, 1.165) is 0 Å². The third kappa shape index (κ3) is 3.10. The third-order valence-corrected chi connectivity index (χ3v) is 0.497. The van der Waals surface area contributed by atoms with Gasteiger partial charge >= 0.3 is 0 Å². The summed E-state index contributed by atoms with van der Waals surface area (Å²) < 4.78 is 0. The fraction of sp³-hybridized carbons (Fsp3) is 0.500. The van der Waals surface area contributed by atoms with Gasteiger partial charge in [-0.25, -0.2) is 0 Å². The molecule has 1 unspecified atom stereocenters. The Hall–Kier alpha value is -1.10. The summed E-state index contributed by atoms with van der Waals surface area (Å²) in [7, 11) is 0. The van der Waals surface area contributed by atoms with Crippen LogP contribution in [-0.4, -0.2) is 17.9 Å². The lowest BCUT2D eigenvalue weighted by Crippen LogP contribution is -2.26. The average molecular weight is 111 g/mol. The minimum Gasteiger partial charge on any atom is -0.366 e. The Morgan fingerprint density at radius 1 is 1.62 bits per heavy atom. The summed E-state index contributed by atoms with van der Waals surface area (Å²) in [6.07, 6.45) is -1.21. The van der Waals surface area contributed by atoms with Crippen LogP contribution >= 0.6 is 0 Å². The highest BCUT2D eigenvalue weighted by Crippen LogP contribution is 1.66. The molecule has 0 spiro atoms.